The minimum atomic E-state index is -0.868. The zero-order valence-corrected chi connectivity index (χ0v) is 21.8. The van der Waals surface area contributed by atoms with Crippen LogP contribution in [-0.2, 0) is 25.7 Å². The summed E-state index contributed by atoms with van der Waals surface area (Å²) in [5, 5.41) is 10.2. The van der Waals surface area contributed by atoms with Gasteiger partial charge in [-0.1, -0.05) is 66.7 Å². The molecule has 0 radical (unpaired) electrons. The number of likely N-dealkylation sites (tertiary alicyclic amines) is 1. The summed E-state index contributed by atoms with van der Waals surface area (Å²) in [7, 11) is 0. The second-order valence-electron chi connectivity index (χ2n) is 9.27. The minimum absolute atomic E-state index is 0.0222. The van der Waals surface area contributed by atoms with Gasteiger partial charge in [-0.25, -0.2) is 0 Å². The molecular formula is C30H30N4O5. The van der Waals surface area contributed by atoms with Gasteiger partial charge in [-0.15, -0.1) is 0 Å². The van der Waals surface area contributed by atoms with Gasteiger partial charge in [0.15, 0.2) is 0 Å². The highest BCUT2D eigenvalue weighted by molar-refractivity contribution is 6.35. The highest BCUT2D eigenvalue weighted by atomic mass is 16.2. The lowest BCUT2D eigenvalue weighted by Gasteiger charge is -2.18. The molecule has 1 aliphatic rings. The van der Waals surface area contributed by atoms with E-state index in [9.17, 15) is 24.0 Å². The number of benzene rings is 3. The van der Waals surface area contributed by atoms with Crippen LogP contribution >= 0.6 is 0 Å². The number of fused-ring (bicyclic) bond motifs is 1. The highest BCUT2D eigenvalue weighted by Gasteiger charge is 2.28. The monoisotopic (exact) mass is 526 g/mol. The topological polar surface area (TPSA) is 125 Å². The number of imide groups is 1. The summed E-state index contributed by atoms with van der Waals surface area (Å²) in [6.45, 7) is 3.50. The fraction of sp³-hybridized carbons (Fsp3) is 0.233. The Morgan fingerprint density at radius 1 is 0.923 bits per heavy atom. The van der Waals surface area contributed by atoms with Gasteiger partial charge < -0.3 is 16.0 Å². The number of amides is 5. The van der Waals surface area contributed by atoms with Crippen LogP contribution in [0.25, 0.3) is 10.8 Å². The first-order chi connectivity index (χ1) is 18.8. The third-order valence-electron chi connectivity index (χ3n) is 6.66. The van der Waals surface area contributed by atoms with Crippen LogP contribution in [0.2, 0.25) is 0 Å². The van der Waals surface area contributed by atoms with E-state index in [1.165, 1.54) is 13.0 Å². The fourth-order valence-electron chi connectivity index (χ4n) is 4.58. The van der Waals surface area contributed by atoms with E-state index in [1.54, 1.807) is 24.3 Å². The Bertz CT molecular complexity index is 1470. The smallest absolute Gasteiger partial charge is 0.309 e. The third-order valence-corrected chi connectivity index (χ3v) is 6.66. The predicted octanol–water partition coefficient (Wildman–Crippen LogP) is 2.77. The van der Waals surface area contributed by atoms with Gasteiger partial charge in [-0.2, -0.15) is 0 Å². The zero-order chi connectivity index (χ0) is 27.9. The standard InChI is InChI=1S/C30H30N4O5/c1-19(24-13-7-10-21-8-3-5-11-25(21)24)33-27(36)26-12-6-4-9-23(26)18-32-29(38)28(37)31-16-14-22-15-17-34(20(2)35)30(22)39/h3-14,19H,15-18H2,1-2H3,(H,31,37)(H,32,38)(H,33,36)/b22-14+/t19-/m1/s1. The summed E-state index contributed by atoms with van der Waals surface area (Å²) >= 11 is 0. The number of carbonyl (C=O) groups is 5. The highest BCUT2D eigenvalue weighted by Crippen LogP contribution is 2.24. The Labute approximate surface area is 226 Å². The van der Waals surface area contributed by atoms with Crippen LogP contribution in [0.5, 0.6) is 0 Å². The zero-order valence-electron chi connectivity index (χ0n) is 21.8. The van der Waals surface area contributed by atoms with Crippen LogP contribution in [0, 0.1) is 0 Å². The molecule has 0 aromatic heterocycles. The summed E-state index contributed by atoms with van der Waals surface area (Å²) in [5.74, 6) is -2.74. The molecule has 1 fully saturated rings. The van der Waals surface area contributed by atoms with Crippen LogP contribution in [0.15, 0.2) is 78.4 Å². The maximum Gasteiger partial charge on any atom is 0.309 e. The molecule has 1 aliphatic heterocycles. The van der Waals surface area contributed by atoms with E-state index in [0.29, 0.717) is 29.7 Å². The van der Waals surface area contributed by atoms with Crippen LogP contribution < -0.4 is 16.0 Å². The maximum absolute atomic E-state index is 13.2. The Balaban J connectivity index is 1.33. The summed E-state index contributed by atoms with van der Waals surface area (Å²) in [5.41, 5.74) is 2.37. The van der Waals surface area contributed by atoms with Gasteiger partial charge in [0.2, 0.25) is 5.91 Å². The van der Waals surface area contributed by atoms with Crippen molar-refractivity contribution in [2.45, 2.75) is 32.9 Å². The molecule has 1 atom stereocenters. The van der Waals surface area contributed by atoms with Gasteiger partial charge in [0.25, 0.3) is 11.8 Å². The van der Waals surface area contributed by atoms with Gasteiger partial charge >= 0.3 is 11.8 Å². The van der Waals surface area contributed by atoms with Crippen LogP contribution in [0.1, 0.15) is 47.8 Å². The summed E-state index contributed by atoms with van der Waals surface area (Å²) in [4.78, 5) is 62.4. The molecule has 0 spiro atoms. The molecule has 0 aliphatic carbocycles. The van der Waals surface area contributed by atoms with Crippen molar-refractivity contribution in [1.29, 1.82) is 0 Å². The number of carbonyl (C=O) groups excluding carboxylic acids is 5. The molecule has 9 heteroatoms. The van der Waals surface area contributed by atoms with E-state index >= 15 is 0 Å². The minimum Gasteiger partial charge on any atom is -0.345 e. The molecule has 0 bridgehead atoms. The van der Waals surface area contributed by atoms with E-state index < -0.39 is 11.8 Å². The average Bonchev–Trinajstić information content (AvgIpc) is 3.31. The summed E-state index contributed by atoms with van der Waals surface area (Å²) in [6.07, 6.45) is 1.91. The van der Waals surface area contributed by atoms with Crippen LogP contribution in [0.4, 0.5) is 0 Å². The average molecular weight is 527 g/mol. The lowest BCUT2D eigenvalue weighted by atomic mass is 9.99. The first-order valence-electron chi connectivity index (χ1n) is 12.7. The second-order valence-corrected chi connectivity index (χ2v) is 9.27. The molecule has 5 amide bonds. The fourth-order valence-corrected chi connectivity index (χ4v) is 4.58. The molecule has 1 saturated heterocycles. The van der Waals surface area contributed by atoms with Gasteiger partial charge in [0.05, 0.1) is 6.04 Å². The number of hydrogen-bond donors (Lipinski definition) is 3. The maximum atomic E-state index is 13.2. The Kier molecular flexibility index (Phi) is 8.50. The van der Waals surface area contributed by atoms with E-state index in [-0.39, 0.29) is 36.9 Å². The molecule has 4 rings (SSSR count). The van der Waals surface area contributed by atoms with E-state index in [2.05, 4.69) is 16.0 Å². The lowest BCUT2D eigenvalue weighted by molar-refractivity contribution is -0.139. The lowest BCUT2D eigenvalue weighted by Crippen LogP contribution is -2.40. The molecule has 200 valence electrons. The number of rotatable bonds is 7. The molecule has 0 saturated carbocycles. The van der Waals surface area contributed by atoms with Gasteiger partial charge in [-0.05, 0) is 41.3 Å². The summed E-state index contributed by atoms with van der Waals surface area (Å²) < 4.78 is 0. The second kappa shape index (κ2) is 12.2. The van der Waals surface area contributed by atoms with Crippen molar-refractivity contribution in [2.24, 2.45) is 0 Å². The third kappa shape index (κ3) is 6.38. The van der Waals surface area contributed by atoms with Gasteiger partial charge in [-0.3, -0.25) is 28.9 Å². The Hall–Kier alpha value is -4.79. The van der Waals surface area contributed by atoms with Gasteiger partial charge in [0.1, 0.15) is 0 Å². The quantitative estimate of drug-likeness (QED) is 0.323. The van der Waals surface area contributed by atoms with Gasteiger partial charge in [0, 0.05) is 37.7 Å². The normalized spacial score (nSPS) is 14.8. The first-order valence-corrected chi connectivity index (χ1v) is 12.7. The van der Waals surface area contributed by atoms with E-state index in [1.807, 2.05) is 49.4 Å². The molecule has 9 nitrogen and oxygen atoms in total. The predicted molar refractivity (Wildman–Crippen MR) is 146 cm³/mol. The van der Waals surface area contributed by atoms with Crippen molar-refractivity contribution in [1.82, 2.24) is 20.9 Å². The molecule has 3 N–H and O–H groups in total. The number of nitrogens with zero attached hydrogens (tertiary/aromatic N) is 1. The van der Waals surface area contributed by atoms with Crippen LogP contribution in [0.3, 0.4) is 0 Å². The number of nitrogens with one attached hydrogen (secondary N) is 3. The molecule has 3 aromatic carbocycles. The van der Waals surface area contributed by atoms with Crippen molar-refractivity contribution >= 4 is 40.3 Å². The first kappa shape index (κ1) is 27.3. The SMILES string of the molecule is CC(=O)N1CC/C(=C\CNC(=O)C(=O)NCc2ccccc2C(=O)N[C@H](C)c2cccc3ccccc23)C1=O. The Morgan fingerprint density at radius 3 is 2.38 bits per heavy atom. The van der Waals surface area contributed by atoms with Crippen molar-refractivity contribution in [3.8, 4) is 0 Å². The molecular weight excluding hydrogens is 496 g/mol. The van der Waals surface area contributed by atoms with Crippen molar-refractivity contribution in [3.05, 3.63) is 95.1 Å². The van der Waals surface area contributed by atoms with Crippen molar-refractivity contribution in [3.63, 3.8) is 0 Å². The summed E-state index contributed by atoms with van der Waals surface area (Å²) in [6, 6.07) is 20.5. The Morgan fingerprint density at radius 2 is 1.62 bits per heavy atom. The van der Waals surface area contributed by atoms with E-state index in [0.717, 1.165) is 21.2 Å². The van der Waals surface area contributed by atoms with E-state index in [4.69, 9.17) is 0 Å². The van der Waals surface area contributed by atoms with Crippen molar-refractivity contribution in [2.75, 3.05) is 13.1 Å². The molecule has 3 aromatic rings. The molecule has 1 heterocycles. The largest absolute Gasteiger partial charge is 0.345 e. The van der Waals surface area contributed by atoms with Crippen molar-refractivity contribution < 1.29 is 24.0 Å². The van der Waals surface area contributed by atoms with Crippen LogP contribution in [-0.4, -0.2) is 47.5 Å². The molecule has 0 unspecified atom stereocenters. The number of hydrogen-bond acceptors (Lipinski definition) is 5. The molecule has 39 heavy (non-hydrogen) atoms.